The number of aryl methyl sites for hydroxylation is 1. The van der Waals surface area contributed by atoms with E-state index in [0.29, 0.717) is 24.0 Å². The van der Waals surface area contributed by atoms with E-state index in [9.17, 15) is 9.00 Å². The Bertz CT molecular complexity index is 1170. The number of allylic oxidation sites excluding steroid dienone is 1. The van der Waals surface area contributed by atoms with Crippen molar-refractivity contribution < 1.29 is 18.5 Å². The molecular formula is C30H39ClN2O4S. The van der Waals surface area contributed by atoms with Gasteiger partial charge >= 0.3 is 0 Å². The summed E-state index contributed by atoms with van der Waals surface area (Å²) in [5.41, 5.74) is 3.46. The monoisotopic (exact) mass is 558 g/mol. The molecule has 2 aliphatic rings. The van der Waals surface area contributed by atoms with Crippen LogP contribution in [0.4, 0.5) is 5.69 Å². The molecule has 1 N–H and O–H groups in total. The van der Waals surface area contributed by atoms with Gasteiger partial charge in [-0.15, -0.1) is 0 Å². The Balaban J connectivity index is 1.70. The van der Waals surface area contributed by atoms with Crippen LogP contribution in [-0.2, 0) is 26.9 Å². The number of rotatable bonds is 4. The lowest BCUT2D eigenvalue weighted by Gasteiger charge is -2.29. The van der Waals surface area contributed by atoms with Gasteiger partial charge in [-0.3, -0.25) is 9.52 Å². The molecule has 4 atom stereocenters. The second-order valence-corrected chi connectivity index (χ2v) is 11.8. The van der Waals surface area contributed by atoms with E-state index in [1.54, 1.807) is 13.0 Å². The fourth-order valence-electron chi connectivity index (χ4n) is 5.14. The number of hydrogen-bond acceptors (Lipinski definition) is 5. The van der Waals surface area contributed by atoms with Crippen molar-refractivity contribution in [3.8, 4) is 5.75 Å². The van der Waals surface area contributed by atoms with Gasteiger partial charge in [-0.2, -0.15) is 0 Å². The third-order valence-electron chi connectivity index (χ3n) is 7.46. The summed E-state index contributed by atoms with van der Waals surface area (Å²) in [4.78, 5) is 15.5. The van der Waals surface area contributed by atoms with Crippen molar-refractivity contribution in [3.05, 3.63) is 64.7 Å². The number of ether oxygens (including phenoxy) is 2. The van der Waals surface area contributed by atoms with E-state index in [-0.39, 0.29) is 5.92 Å². The van der Waals surface area contributed by atoms with Crippen LogP contribution in [0.2, 0.25) is 5.02 Å². The number of anilines is 1. The molecule has 0 fully saturated rings. The largest absolute Gasteiger partial charge is 0.491 e. The Kier molecular flexibility index (Phi) is 10.3. The molecule has 0 aromatic heterocycles. The van der Waals surface area contributed by atoms with Crippen LogP contribution in [0.5, 0.6) is 5.75 Å². The average molecular weight is 559 g/mol. The highest BCUT2D eigenvalue weighted by Gasteiger charge is 2.27. The van der Waals surface area contributed by atoms with Gasteiger partial charge in [-0.25, -0.2) is 4.21 Å². The number of nitrogens with zero attached hydrogens (tertiary/aromatic N) is 1. The fourth-order valence-corrected chi connectivity index (χ4v) is 6.21. The molecule has 3 unspecified atom stereocenters. The van der Waals surface area contributed by atoms with Crippen LogP contribution in [0.15, 0.2) is 53.4 Å². The summed E-state index contributed by atoms with van der Waals surface area (Å²) in [6.07, 6.45) is 8.49. The molecule has 0 aliphatic carbocycles. The summed E-state index contributed by atoms with van der Waals surface area (Å²) in [5.74, 6) is 1.06. The normalized spacial score (nSPS) is 25.7. The second-order valence-electron chi connectivity index (χ2n) is 10.2. The number of carbonyl (C=O) groups excluding carboxylic acids is 1. The third kappa shape index (κ3) is 7.19. The van der Waals surface area contributed by atoms with E-state index in [1.165, 1.54) is 11.1 Å². The van der Waals surface area contributed by atoms with Crippen LogP contribution >= 0.6 is 11.6 Å². The summed E-state index contributed by atoms with van der Waals surface area (Å²) in [6, 6.07) is 11.7. The first-order chi connectivity index (χ1) is 18.4. The van der Waals surface area contributed by atoms with Gasteiger partial charge < -0.3 is 14.4 Å². The van der Waals surface area contributed by atoms with E-state index in [1.807, 2.05) is 24.3 Å². The van der Waals surface area contributed by atoms with Crippen LogP contribution in [0.3, 0.4) is 0 Å². The van der Waals surface area contributed by atoms with Crippen LogP contribution in [0.1, 0.15) is 63.5 Å². The summed E-state index contributed by atoms with van der Waals surface area (Å²) in [6.45, 7) is 8.63. The van der Waals surface area contributed by atoms with Crippen molar-refractivity contribution in [2.24, 2.45) is 5.92 Å². The first kappa shape index (κ1) is 28.7. The highest BCUT2D eigenvalue weighted by Crippen LogP contribution is 2.38. The van der Waals surface area contributed by atoms with Crippen molar-refractivity contribution in [1.29, 1.82) is 0 Å². The Morgan fingerprint density at radius 2 is 2.00 bits per heavy atom. The number of carbonyl (C=O) groups is 1. The summed E-state index contributed by atoms with van der Waals surface area (Å²) in [5, 5.41) is 0.757. The van der Waals surface area contributed by atoms with E-state index in [2.05, 4.69) is 41.7 Å². The minimum Gasteiger partial charge on any atom is -0.491 e. The van der Waals surface area contributed by atoms with Crippen LogP contribution in [0, 0.1) is 5.92 Å². The molecule has 2 aliphatic heterocycles. The predicted molar refractivity (Wildman–Crippen MR) is 154 cm³/mol. The highest BCUT2D eigenvalue weighted by atomic mass is 35.5. The molecule has 0 radical (unpaired) electrons. The molecule has 206 valence electrons. The number of fused-ring (bicyclic) bond motifs is 1. The zero-order valence-corrected chi connectivity index (χ0v) is 24.2. The van der Waals surface area contributed by atoms with Gasteiger partial charge in [0.25, 0.3) is 5.91 Å². The fraction of sp³-hybridized carbons (Fsp3) is 0.500. The maximum absolute atomic E-state index is 13.1. The molecule has 2 aromatic carbocycles. The summed E-state index contributed by atoms with van der Waals surface area (Å²) in [7, 11) is -1.71. The molecule has 6 nitrogen and oxygen atoms in total. The number of halogens is 1. The maximum atomic E-state index is 13.1. The van der Waals surface area contributed by atoms with Crippen LogP contribution < -0.4 is 14.4 Å². The molecule has 4 rings (SSSR count). The van der Waals surface area contributed by atoms with E-state index >= 15 is 0 Å². The molecule has 1 amide bonds. The first-order valence-electron chi connectivity index (χ1n) is 13.7. The molecule has 0 saturated carbocycles. The molecule has 8 heteroatoms. The maximum Gasteiger partial charge on any atom is 0.260 e. The summed E-state index contributed by atoms with van der Waals surface area (Å²) < 4.78 is 27.7. The number of hydrogen-bond donors (Lipinski definition) is 1. The Morgan fingerprint density at radius 3 is 2.79 bits per heavy atom. The van der Waals surface area contributed by atoms with Gasteiger partial charge in [0.2, 0.25) is 0 Å². The lowest BCUT2D eigenvalue weighted by atomic mass is 9.91. The predicted octanol–water partition coefficient (Wildman–Crippen LogP) is 6.20. The second kappa shape index (κ2) is 13.6. The average Bonchev–Trinajstić information content (AvgIpc) is 3.09. The number of nitrogens with one attached hydrogen (secondary N) is 1. The highest BCUT2D eigenvalue weighted by molar-refractivity contribution is 7.83. The minimum absolute atomic E-state index is 0.165. The van der Waals surface area contributed by atoms with Gasteiger partial charge in [-0.05, 0) is 73.6 Å². The Morgan fingerprint density at radius 1 is 1.16 bits per heavy atom. The number of amides is 1. The SMILES string of the molecule is CCCc1cc(Cl)ccc1C1COc2ccc3cc2N(CCC(CC)C/C=C/CO[C@H](C)C(=O)NS3=O)C1. The zero-order valence-electron chi connectivity index (χ0n) is 22.6. The molecule has 2 aromatic rings. The van der Waals surface area contributed by atoms with Gasteiger partial charge in [0.15, 0.2) is 11.0 Å². The lowest BCUT2D eigenvalue weighted by molar-refractivity contribution is -0.129. The topological polar surface area (TPSA) is 67.9 Å². The Hall–Kier alpha value is -2.35. The van der Waals surface area contributed by atoms with E-state index < -0.39 is 23.0 Å². The van der Waals surface area contributed by atoms with Gasteiger partial charge in [0, 0.05) is 24.0 Å². The molecule has 0 spiro atoms. The molecular weight excluding hydrogens is 520 g/mol. The zero-order chi connectivity index (χ0) is 27.1. The molecule has 38 heavy (non-hydrogen) atoms. The standard InChI is InChI=1S/C30H39ClN2O4S/c1-4-8-23-17-25(31)10-12-27(23)24-19-33-15-14-22(5-2)9-6-7-16-36-21(3)30(34)32-38(35)26-11-13-29(37-20-24)28(33)18-26/h6-7,10-13,17-18,21-22,24H,4-5,8-9,14-16,19-20H2,1-3H3,(H,32,34)/b7-6+/t21-,22?,24?,38?/m1/s1. The van der Waals surface area contributed by atoms with Crippen LogP contribution in [0.25, 0.3) is 0 Å². The van der Waals surface area contributed by atoms with Crippen molar-refractivity contribution in [3.63, 3.8) is 0 Å². The van der Waals surface area contributed by atoms with Gasteiger partial charge in [-0.1, -0.05) is 56.5 Å². The summed E-state index contributed by atoms with van der Waals surface area (Å²) >= 11 is 6.36. The smallest absolute Gasteiger partial charge is 0.260 e. The quantitative estimate of drug-likeness (QED) is 0.453. The van der Waals surface area contributed by atoms with Crippen molar-refractivity contribution in [1.82, 2.24) is 4.72 Å². The van der Waals surface area contributed by atoms with Crippen molar-refractivity contribution in [2.75, 3.05) is 31.2 Å². The van der Waals surface area contributed by atoms with Gasteiger partial charge in [0.05, 0.1) is 23.8 Å². The minimum atomic E-state index is -1.71. The van der Waals surface area contributed by atoms with Crippen molar-refractivity contribution >= 4 is 34.2 Å². The van der Waals surface area contributed by atoms with E-state index in [0.717, 1.165) is 61.7 Å². The lowest BCUT2D eigenvalue weighted by Crippen LogP contribution is -2.36. The molecule has 0 saturated heterocycles. The molecule has 2 heterocycles. The van der Waals surface area contributed by atoms with Crippen LogP contribution in [-0.4, -0.2) is 42.5 Å². The van der Waals surface area contributed by atoms with E-state index in [4.69, 9.17) is 21.1 Å². The third-order valence-corrected chi connectivity index (χ3v) is 8.76. The Labute approximate surface area is 234 Å². The molecule has 2 bridgehead atoms. The van der Waals surface area contributed by atoms with Gasteiger partial charge in [0.1, 0.15) is 11.9 Å². The first-order valence-corrected chi connectivity index (χ1v) is 15.2. The van der Waals surface area contributed by atoms with Crippen molar-refractivity contribution in [2.45, 2.75) is 69.8 Å². The number of benzene rings is 2.